The number of aromatic nitrogens is 2. The number of carbonyl (C=O) groups is 1. The molecule has 0 aliphatic heterocycles. The summed E-state index contributed by atoms with van der Waals surface area (Å²) in [4.78, 5) is 17.2. The van der Waals surface area contributed by atoms with Crippen molar-refractivity contribution in [3.63, 3.8) is 0 Å². The molecule has 6 rings (SSSR count). The molecule has 142 valence electrons. The predicted molar refractivity (Wildman–Crippen MR) is 96.6 cm³/mol. The van der Waals surface area contributed by atoms with E-state index in [1.807, 2.05) is 0 Å². The van der Waals surface area contributed by atoms with E-state index in [4.69, 9.17) is 20.9 Å². The molecule has 2 unspecified atom stereocenters. The number of esters is 1. The molecule has 0 saturated heterocycles. The highest BCUT2D eigenvalue weighted by atomic mass is 35.5. The van der Waals surface area contributed by atoms with E-state index in [0.717, 1.165) is 37.7 Å². The third-order valence-corrected chi connectivity index (χ3v) is 6.61. The molecule has 4 aliphatic rings. The normalized spacial score (nSPS) is 34.0. The van der Waals surface area contributed by atoms with E-state index in [1.54, 1.807) is 24.3 Å². The lowest BCUT2D eigenvalue weighted by Crippen LogP contribution is -2.58. The molecule has 6 nitrogen and oxygen atoms in total. The van der Waals surface area contributed by atoms with Crippen LogP contribution in [0.25, 0.3) is 11.4 Å². The molecule has 2 aromatic rings. The van der Waals surface area contributed by atoms with Gasteiger partial charge < -0.3 is 14.4 Å². The maximum absolute atomic E-state index is 12.9. The van der Waals surface area contributed by atoms with Crippen LogP contribution in [0.4, 0.5) is 0 Å². The van der Waals surface area contributed by atoms with Crippen LogP contribution in [0, 0.1) is 17.3 Å². The highest BCUT2D eigenvalue weighted by Gasteiger charge is 2.60. The second-order valence-electron chi connectivity index (χ2n) is 8.56. The Labute approximate surface area is 161 Å². The van der Waals surface area contributed by atoms with Gasteiger partial charge in [-0.3, -0.25) is 4.79 Å². The van der Waals surface area contributed by atoms with Gasteiger partial charge in [-0.1, -0.05) is 16.8 Å². The first-order valence-electron chi connectivity index (χ1n) is 9.41. The summed E-state index contributed by atoms with van der Waals surface area (Å²) in [7, 11) is 0. The molecule has 4 bridgehead atoms. The smallest absolute Gasteiger partial charge is 0.312 e. The van der Waals surface area contributed by atoms with Crippen molar-refractivity contribution in [1.29, 1.82) is 0 Å². The van der Waals surface area contributed by atoms with Gasteiger partial charge in [-0.15, -0.1) is 0 Å². The van der Waals surface area contributed by atoms with Crippen LogP contribution in [0.5, 0.6) is 0 Å². The second-order valence-corrected chi connectivity index (χ2v) is 9.00. The molecule has 1 aromatic carbocycles. The van der Waals surface area contributed by atoms with Crippen LogP contribution in [-0.2, 0) is 16.1 Å². The van der Waals surface area contributed by atoms with Crippen LogP contribution in [0.2, 0.25) is 5.02 Å². The minimum atomic E-state index is -0.685. The number of aliphatic hydroxyl groups is 1. The van der Waals surface area contributed by atoms with Gasteiger partial charge in [-0.2, -0.15) is 4.98 Å². The van der Waals surface area contributed by atoms with E-state index >= 15 is 0 Å². The second kappa shape index (κ2) is 6.04. The lowest BCUT2D eigenvalue weighted by atomic mass is 9.48. The van der Waals surface area contributed by atoms with Crippen molar-refractivity contribution in [2.75, 3.05) is 0 Å². The maximum Gasteiger partial charge on any atom is 0.312 e. The summed E-state index contributed by atoms with van der Waals surface area (Å²) >= 11 is 5.89. The monoisotopic (exact) mass is 388 g/mol. The molecule has 0 radical (unpaired) electrons. The van der Waals surface area contributed by atoms with E-state index in [2.05, 4.69) is 10.1 Å². The minimum absolute atomic E-state index is 0.0467. The summed E-state index contributed by atoms with van der Waals surface area (Å²) in [5.41, 5.74) is -0.447. The molecular formula is C20H21ClN2O4. The Hall–Kier alpha value is -1.92. The van der Waals surface area contributed by atoms with Crippen molar-refractivity contribution in [3.8, 4) is 11.4 Å². The van der Waals surface area contributed by atoms with Crippen LogP contribution in [-0.4, -0.2) is 26.8 Å². The van der Waals surface area contributed by atoms with Gasteiger partial charge in [-0.25, -0.2) is 0 Å². The molecule has 1 N–H and O–H groups in total. The van der Waals surface area contributed by atoms with E-state index in [9.17, 15) is 9.90 Å². The first-order valence-corrected chi connectivity index (χ1v) is 9.79. The summed E-state index contributed by atoms with van der Waals surface area (Å²) in [5, 5.41) is 15.4. The maximum atomic E-state index is 12.9. The van der Waals surface area contributed by atoms with Crippen LogP contribution in [0.15, 0.2) is 28.8 Å². The standard InChI is InChI=1S/C20H21ClN2O4/c21-15-3-1-14(2-4-15)17-22-16(27-23-17)10-26-18(24)19-6-12-5-13(7-19)9-20(25,8-12)11-19/h1-4,12-13,25H,5-11H2/t12-,13+,19?,20?. The van der Waals surface area contributed by atoms with Gasteiger partial charge in [0.05, 0.1) is 11.0 Å². The van der Waals surface area contributed by atoms with Crippen molar-refractivity contribution >= 4 is 17.6 Å². The van der Waals surface area contributed by atoms with Crippen molar-refractivity contribution in [3.05, 3.63) is 35.2 Å². The Balaban J connectivity index is 1.27. The molecule has 27 heavy (non-hydrogen) atoms. The Morgan fingerprint density at radius 3 is 2.59 bits per heavy atom. The van der Waals surface area contributed by atoms with Crippen LogP contribution < -0.4 is 0 Å². The Morgan fingerprint density at radius 1 is 1.22 bits per heavy atom. The number of halogens is 1. The zero-order valence-electron chi connectivity index (χ0n) is 14.9. The first-order chi connectivity index (χ1) is 12.9. The fourth-order valence-electron chi connectivity index (χ4n) is 5.76. The van der Waals surface area contributed by atoms with Gasteiger partial charge in [0.15, 0.2) is 6.61 Å². The SMILES string of the molecule is O=C(OCc1nc(-c2ccc(Cl)cc2)no1)C12C[C@@H]3C[C@@H](CC(O)(C3)C1)C2. The van der Waals surface area contributed by atoms with Crippen molar-refractivity contribution in [2.45, 2.75) is 50.7 Å². The molecule has 4 fully saturated rings. The van der Waals surface area contributed by atoms with Crippen molar-refractivity contribution < 1.29 is 19.2 Å². The molecule has 0 amide bonds. The van der Waals surface area contributed by atoms with Gasteiger partial charge in [0, 0.05) is 10.6 Å². The fraction of sp³-hybridized carbons (Fsp3) is 0.550. The van der Waals surface area contributed by atoms with Crippen LogP contribution >= 0.6 is 11.6 Å². The fourth-order valence-corrected chi connectivity index (χ4v) is 5.89. The Kier molecular flexibility index (Phi) is 3.85. The lowest BCUT2D eigenvalue weighted by molar-refractivity contribution is -0.197. The molecule has 7 heteroatoms. The number of ether oxygens (including phenoxy) is 1. The molecule has 4 saturated carbocycles. The van der Waals surface area contributed by atoms with Gasteiger partial charge >= 0.3 is 5.97 Å². The summed E-state index contributed by atoms with van der Waals surface area (Å²) < 4.78 is 10.8. The van der Waals surface area contributed by atoms with Gasteiger partial charge in [-0.05, 0) is 74.6 Å². The number of rotatable bonds is 4. The zero-order chi connectivity index (χ0) is 18.6. The third-order valence-electron chi connectivity index (χ3n) is 6.36. The first kappa shape index (κ1) is 17.2. The van der Waals surface area contributed by atoms with E-state index in [0.29, 0.717) is 29.1 Å². The van der Waals surface area contributed by atoms with E-state index in [1.165, 1.54) is 0 Å². The van der Waals surface area contributed by atoms with E-state index < -0.39 is 11.0 Å². The van der Waals surface area contributed by atoms with Crippen LogP contribution in [0.1, 0.15) is 44.4 Å². The summed E-state index contributed by atoms with van der Waals surface area (Å²) in [6.07, 6.45) is 4.95. The summed E-state index contributed by atoms with van der Waals surface area (Å²) in [6.45, 7) is -0.0467. The lowest BCUT2D eigenvalue weighted by Gasteiger charge is -2.58. The molecule has 0 spiro atoms. The average molecular weight is 389 g/mol. The highest BCUT2D eigenvalue weighted by molar-refractivity contribution is 6.30. The van der Waals surface area contributed by atoms with Gasteiger partial charge in [0.2, 0.25) is 5.82 Å². The quantitative estimate of drug-likeness (QED) is 0.802. The molecule has 4 atom stereocenters. The third kappa shape index (κ3) is 3.05. The number of benzene rings is 1. The largest absolute Gasteiger partial charge is 0.455 e. The summed E-state index contributed by atoms with van der Waals surface area (Å²) in [6, 6.07) is 7.12. The van der Waals surface area contributed by atoms with Crippen molar-refractivity contribution in [2.24, 2.45) is 17.3 Å². The Bertz CT molecular complexity index is 864. The molecule has 4 aliphatic carbocycles. The predicted octanol–water partition coefficient (Wildman–Crippen LogP) is 3.76. The topological polar surface area (TPSA) is 85.5 Å². The number of carbonyl (C=O) groups excluding carboxylic acids is 1. The number of hydrogen-bond acceptors (Lipinski definition) is 6. The van der Waals surface area contributed by atoms with Crippen molar-refractivity contribution in [1.82, 2.24) is 10.1 Å². The molecule has 1 aromatic heterocycles. The van der Waals surface area contributed by atoms with Gasteiger partial charge in [0.1, 0.15) is 0 Å². The molecular weight excluding hydrogens is 368 g/mol. The number of hydrogen-bond donors (Lipinski definition) is 1. The van der Waals surface area contributed by atoms with Crippen LogP contribution in [0.3, 0.4) is 0 Å². The summed E-state index contributed by atoms with van der Waals surface area (Å²) in [5.74, 6) is 1.33. The zero-order valence-corrected chi connectivity index (χ0v) is 15.6. The highest BCUT2D eigenvalue weighted by Crippen LogP contribution is 2.62. The number of nitrogens with zero attached hydrogens (tertiary/aromatic N) is 2. The van der Waals surface area contributed by atoms with E-state index in [-0.39, 0.29) is 18.5 Å². The molecule has 1 heterocycles. The average Bonchev–Trinajstić information content (AvgIpc) is 3.07. The minimum Gasteiger partial charge on any atom is -0.455 e. The van der Waals surface area contributed by atoms with Gasteiger partial charge in [0.25, 0.3) is 5.89 Å². The Morgan fingerprint density at radius 2 is 1.93 bits per heavy atom.